The number of para-hydroxylation sites is 1. The predicted octanol–water partition coefficient (Wildman–Crippen LogP) is 2.55. The van der Waals surface area contributed by atoms with Crippen molar-refractivity contribution in [2.24, 2.45) is 0 Å². The van der Waals surface area contributed by atoms with Gasteiger partial charge in [-0.15, -0.1) is 0 Å². The number of aryl methyl sites for hydroxylation is 1. The molecule has 0 saturated carbocycles. The number of rotatable bonds is 5. The first-order valence-corrected chi connectivity index (χ1v) is 8.22. The van der Waals surface area contributed by atoms with E-state index >= 15 is 0 Å². The summed E-state index contributed by atoms with van der Waals surface area (Å²) in [6, 6.07) is 8.47. The van der Waals surface area contributed by atoms with Crippen LogP contribution in [0, 0.1) is 13.8 Å². The fourth-order valence-corrected chi connectivity index (χ4v) is 2.93. The molecular weight excluding hydrogens is 304 g/mol. The third kappa shape index (κ3) is 3.59. The second kappa shape index (κ2) is 7.49. The largest absolute Gasteiger partial charge is 0.481 e. The first-order chi connectivity index (χ1) is 11.7. The minimum Gasteiger partial charge on any atom is -0.481 e. The van der Waals surface area contributed by atoms with Crippen LogP contribution in [0.3, 0.4) is 0 Å². The standard InChI is InChI=1S/C18H24N4O2/c1-13-17(20-14(2)21-18(13)23-3)19-12-15-6-4-5-7-16(15)22-8-10-24-11-9-22/h4-7H,8-12H2,1-3H3,(H,19,20,21). The number of benzene rings is 1. The molecule has 1 fully saturated rings. The average molecular weight is 328 g/mol. The highest BCUT2D eigenvalue weighted by atomic mass is 16.5. The number of nitrogens with one attached hydrogen (secondary N) is 1. The molecule has 6 heteroatoms. The van der Waals surface area contributed by atoms with Crippen LogP contribution in [0.5, 0.6) is 5.88 Å². The van der Waals surface area contributed by atoms with Crippen LogP contribution in [0.4, 0.5) is 11.5 Å². The van der Waals surface area contributed by atoms with Gasteiger partial charge >= 0.3 is 0 Å². The zero-order valence-corrected chi connectivity index (χ0v) is 14.5. The van der Waals surface area contributed by atoms with Crippen LogP contribution in [0.2, 0.25) is 0 Å². The summed E-state index contributed by atoms with van der Waals surface area (Å²) in [5.74, 6) is 2.13. The molecule has 0 bridgehead atoms. The van der Waals surface area contributed by atoms with E-state index in [9.17, 15) is 0 Å². The highest BCUT2D eigenvalue weighted by molar-refractivity contribution is 5.56. The van der Waals surface area contributed by atoms with Gasteiger partial charge in [0.25, 0.3) is 0 Å². The first-order valence-electron chi connectivity index (χ1n) is 8.22. The fourth-order valence-electron chi connectivity index (χ4n) is 2.93. The smallest absolute Gasteiger partial charge is 0.221 e. The topological polar surface area (TPSA) is 59.5 Å². The second-order valence-electron chi connectivity index (χ2n) is 5.84. The molecule has 0 amide bonds. The van der Waals surface area contributed by atoms with E-state index in [-0.39, 0.29) is 0 Å². The van der Waals surface area contributed by atoms with Crippen molar-refractivity contribution in [2.45, 2.75) is 20.4 Å². The summed E-state index contributed by atoms with van der Waals surface area (Å²) in [6.45, 7) is 7.95. The van der Waals surface area contributed by atoms with Gasteiger partial charge in [-0.05, 0) is 25.5 Å². The number of anilines is 2. The molecule has 3 rings (SSSR count). The predicted molar refractivity (Wildman–Crippen MR) is 94.9 cm³/mol. The monoisotopic (exact) mass is 328 g/mol. The Morgan fingerprint density at radius 1 is 1.17 bits per heavy atom. The molecule has 0 aliphatic carbocycles. The van der Waals surface area contributed by atoms with Crippen molar-refractivity contribution >= 4 is 11.5 Å². The zero-order valence-electron chi connectivity index (χ0n) is 14.5. The van der Waals surface area contributed by atoms with Crippen molar-refractivity contribution in [3.8, 4) is 5.88 Å². The summed E-state index contributed by atoms with van der Waals surface area (Å²) in [4.78, 5) is 11.2. The van der Waals surface area contributed by atoms with Crippen LogP contribution in [0.1, 0.15) is 17.0 Å². The SMILES string of the molecule is COc1nc(C)nc(NCc2ccccc2N2CCOCC2)c1C. The van der Waals surface area contributed by atoms with Gasteiger partial charge in [-0.25, -0.2) is 4.98 Å². The Morgan fingerprint density at radius 2 is 1.92 bits per heavy atom. The van der Waals surface area contributed by atoms with Crippen LogP contribution in [-0.2, 0) is 11.3 Å². The van der Waals surface area contributed by atoms with E-state index in [4.69, 9.17) is 9.47 Å². The van der Waals surface area contributed by atoms with Crippen molar-refractivity contribution in [1.29, 1.82) is 0 Å². The lowest BCUT2D eigenvalue weighted by molar-refractivity contribution is 0.122. The van der Waals surface area contributed by atoms with Gasteiger partial charge in [0.05, 0.1) is 25.9 Å². The lowest BCUT2D eigenvalue weighted by atomic mass is 10.1. The highest BCUT2D eigenvalue weighted by Gasteiger charge is 2.15. The Kier molecular flexibility index (Phi) is 5.15. The number of morpholine rings is 1. The molecule has 2 heterocycles. The summed E-state index contributed by atoms with van der Waals surface area (Å²) in [7, 11) is 1.63. The van der Waals surface area contributed by atoms with Crippen LogP contribution < -0.4 is 15.0 Å². The number of hydrogen-bond acceptors (Lipinski definition) is 6. The van der Waals surface area contributed by atoms with Crippen molar-refractivity contribution in [3.05, 3.63) is 41.2 Å². The molecule has 1 saturated heterocycles. The Hall–Kier alpha value is -2.34. The van der Waals surface area contributed by atoms with E-state index in [1.165, 1.54) is 11.3 Å². The first kappa shape index (κ1) is 16.5. The van der Waals surface area contributed by atoms with Gasteiger partial charge in [0, 0.05) is 25.3 Å². The van der Waals surface area contributed by atoms with E-state index in [1.807, 2.05) is 13.8 Å². The maximum absolute atomic E-state index is 5.46. The average Bonchev–Trinajstić information content (AvgIpc) is 2.63. The van der Waals surface area contributed by atoms with Gasteiger partial charge in [-0.3, -0.25) is 0 Å². The van der Waals surface area contributed by atoms with E-state index in [2.05, 4.69) is 44.5 Å². The fraction of sp³-hybridized carbons (Fsp3) is 0.444. The molecule has 0 atom stereocenters. The van der Waals surface area contributed by atoms with Gasteiger partial charge in [0.2, 0.25) is 5.88 Å². The van der Waals surface area contributed by atoms with Crippen LogP contribution in [0.15, 0.2) is 24.3 Å². The van der Waals surface area contributed by atoms with Gasteiger partial charge in [-0.1, -0.05) is 18.2 Å². The van der Waals surface area contributed by atoms with Crippen molar-refractivity contribution in [1.82, 2.24) is 9.97 Å². The van der Waals surface area contributed by atoms with Gasteiger partial charge in [0.15, 0.2) is 0 Å². The van der Waals surface area contributed by atoms with E-state index in [0.717, 1.165) is 37.7 Å². The zero-order chi connectivity index (χ0) is 16.9. The Labute approximate surface area is 142 Å². The minimum absolute atomic E-state index is 0.617. The lowest BCUT2D eigenvalue weighted by Crippen LogP contribution is -2.36. The summed E-state index contributed by atoms with van der Waals surface area (Å²) in [5, 5.41) is 3.44. The van der Waals surface area contributed by atoms with E-state index < -0.39 is 0 Å². The van der Waals surface area contributed by atoms with E-state index in [0.29, 0.717) is 18.2 Å². The third-order valence-electron chi connectivity index (χ3n) is 4.20. The normalized spacial score (nSPS) is 14.5. The summed E-state index contributed by atoms with van der Waals surface area (Å²) >= 11 is 0. The van der Waals surface area contributed by atoms with Gasteiger partial charge in [-0.2, -0.15) is 4.98 Å². The minimum atomic E-state index is 0.617. The van der Waals surface area contributed by atoms with Crippen LogP contribution in [-0.4, -0.2) is 43.4 Å². The number of methoxy groups -OCH3 is 1. The molecule has 6 nitrogen and oxygen atoms in total. The molecular formula is C18H24N4O2. The number of nitrogens with zero attached hydrogens (tertiary/aromatic N) is 3. The summed E-state index contributed by atoms with van der Waals surface area (Å²) in [5.41, 5.74) is 3.42. The summed E-state index contributed by atoms with van der Waals surface area (Å²) in [6.07, 6.45) is 0. The Balaban J connectivity index is 1.79. The molecule has 0 radical (unpaired) electrons. The summed E-state index contributed by atoms with van der Waals surface area (Å²) < 4.78 is 10.8. The molecule has 0 unspecified atom stereocenters. The molecule has 1 aliphatic rings. The van der Waals surface area contributed by atoms with Crippen LogP contribution in [0.25, 0.3) is 0 Å². The highest BCUT2D eigenvalue weighted by Crippen LogP contribution is 2.25. The van der Waals surface area contributed by atoms with Crippen LogP contribution >= 0.6 is 0 Å². The number of hydrogen-bond donors (Lipinski definition) is 1. The maximum Gasteiger partial charge on any atom is 0.221 e. The Morgan fingerprint density at radius 3 is 2.67 bits per heavy atom. The number of aromatic nitrogens is 2. The molecule has 1 aromatic carbocycles. The molecule has 1 aromatic heterocycles. The molecule has 24 heavy (non-hydrogen) atoms. The van der Waals surface area contributed by atoms with Crippen molar-refractivity contribution < 1.29 is 9.47 Å². The molecule has 2 aromatic rings. The maximum atomic E-state index is 5.46. The quantitative estimate of drug-likeness (QED) is 0.910. The lowest BCUT2D eigenvalue weighted by Gasteiger charge is -2.30. The molecule has 1 N–H and O–H groups in total. The van der Waals surface area contributed by atoms with Gasteiger partial charge < -0.3 is 19.7 Å². The molecule has 128 valence electrons. The van der Waals surface area contributed by atoms with Crippen molar-refractivity contribution in [3.63, 3.8) is 0 Å². The third-order valence-corrected chi connectivity index (χ3v) is 4.20. The molecule has 1 aliphatic heterocycles. The van der Waals surface area contributed by atoms with E-state index in [1.54, 1.807) is 7.11 Å². The number of ether oxygens (including phenoxy) is 2. The Bertz CT molecular complexity index is 699. The second-order valence-corrected chi connectivity index (χ2v) is 5.84. The van der Waals surface area contributed by atoms with Gasteiger partial charge in [0.1, 0.15) is 11.6 Å². The van der Waals surface area contributed by atoms with Crippen molar-refractivity contribution in [2.75, 3.05) is 43.6 Å². The molecule has 0 spiro atoms.